The lowest BCUT2D eigenvalue weighted by Gasteiger charge is -2.14. The van der Waals surface area contributed by atoms with Gasteiger partial charge in [0.1, 0.15) is 18.1 Å². The number of carbonyl (C=O) groups is 1. The summed E-state index contributed by atoms with van der Waals surface area (Å²) in [5.41, 5.74) is 1.39. The Balaban J connectivity index is 1.82. The molecular weight excluding hydrogens is 318 g/mol. The molecule has 1 atom stereocenters. The number of amides is 1. The molecule has 0 radical (unpaired) electrons. The van der Waals surface area contributed by atoms with Crippen molar-refractivity contribution in [3.05, 3.63) is 63.5 Å². The number of rotatable bonds is 4. The molecule has 0 aliphatic rings. The summed E-state index contributed by atoms with van der Waals surface area (Å²) in [6.07, 6.45) is 0. The van der Waals surface area contributed by atoms with Gasteiger partial charge in [0.05, 0.1) is 17.1 Å². The molecule has 0 aliphatic heterocycles. The molecule has 2 aromatic heterocycles. The van der Waals surface area contributed by atoms with Gasteiger partial charge in [-0.1, -0.05) is 18.2 Å². The lowest BCUT2D eigenvalue weighted by atomic mass is 10.1. The molecule has 0 fully saturated rings. The Bertz CT molecular complexity index is 1000. The van der Waals surface area contributed by atoms with Crippen LogP contribution in [0.1, 0.15) is 35.7 Å². The van der Waals surface area contributed by atoms with Gasteiger partial charge >= 0.3 is 0 Å². The minimum atomic E-state index is -0.268. The fourth-order valence-corrected chi connectivity index (χ4v) is 3.09. The zero-order chi connectivity index (χ0) is 18.1. The number of benzene rings is 1. The predicted molar refractivity (Wildman–Crippen MR) is 95.5 cm³/mol. The summed E-state index contributed by atoms with van der Waals surface area (Å²) in [5, 5.41) is 8.54. The van der Waals surface area contributed by atoms with Gasteiger partial charge in [-0.25, -0.2) is 4.68 Å². The van der Waals surface area contributed by atoms with Gasteiger partial charge in [0.15, 0.2) is 0 Å². The van der Waals surface area contributed by atoms with Crippen molar-refractivity contribution in [2.75, 3.05) is 0 Å². The van der Waals surface area contributed by atoms with E-state index in [1.807, 2.05) is 45.9 Å². The molecule has 0 bridgehead atoms. The molecule has 3 aromatic rings. The van der Waals surface area contributed by atoms with Gasteiger partial charge in [0.25, 0.3) is 5.56 Å². The van der Waals surface area contributed by atoms with Crippen molar-refractivity contribution < 1.29 is 9.21 Å². The van der Waals surface area contributed by atoms with E-state index in [9.17, 15) is 9.59 Å². The third-order valence-electron chi connectivity index (χ3n) is 4.27. The Kier molecular flexibility index (Phi) is 4.44. The van der Waals surface area contributed by atoms with Crippen LogP contribution in [0.4, 0.5) is 0 Å². The first-order valence-corrected chi connectivity index (χ1v) is 8.19. The summed E-state index contributed by atoms with van der Waals surface area (Å²) in [7, 11) is 0. The second kappa shape index (κ2) is 6.55. The molecule has 25 heavy (non-hydrogen) atoms. The van der Waals surface area contributed by atoms with Crippen LogP contribution in [-0.4, -0.2) is 15.7 Å². The van der Waals surface area contributed by atoms with E-state index in [1.54, 1.807) is 12.1 Å². The fraction of sp³-hybridized carbons (Fsp3) is 0.316. The minimum absolute atomic E-state index is 0.120. The molecule has 6 heteroatoms. The summed E-state index contributed by atoms with van der Waals surface area (Å²) >= 11 is 0. The fourth-order valence-electron chi connectivity index (χ4n) is 3.09. The number of carbonyl (C=O) groups excluding carboxylic acids is 1. The van der Waals surface area contributed by atoms with Crippen molar-refractivity contribution in [1.29, 1.82) is 0 Å². The van der Waals surface area contributed by atoms with Crippen LogP contribution >= 0.6 is 0 Å². The highest BCUT2D eigenvalue weighted by molar-refractivity contribution is 5.83. The second-order valence-electron chi connectivity index (χ2n) is 6.25. The molecule has 0 saturated heterocycles. The van der Waals surface area contributed by atoms with Crippen molar-refractivity contribution in [3.8, 4) is 0 Å². The number of aryl methyl sites for hydroxylation is 3. The Hall–Kier alpha value is -2.89. The number of fused-ring (bicyclic) bond motifs is 1. The molecular formula is C19H21N3O3. The third-order valence-corrected chi connectivity index (χ3v) is 4.27. The van der Waals surface area contributed by atoms with Crippen molar-refractivity contribution in [3.63, 3.8) is 0 Å². The number of hydrogen-bond acceptors (Lipinski definition) is 4. The summed E-state index contributed by atoms with van der Waals surface area (Å²) in [6, 6.07) is 8.98. The van der Waals surface area contributed by atoms with Gasteiger partial charge in [-0.05, 0) is 39.8 Å². The molecule has 130 valence electrons. The standard InChI is InChI=1S/C19H21N3O3/c1-11-9-17(14(4)25-11)12(2)20-18(23)10-22-19(24)16-8-6-5-7-15(16)13(3)21-22/h5-9,12H,10H2,1-4H3,(H,20,23)/t12-/m1/s1. The molecule has 6 nitrogen and oxygen atoms in total. The first kappa shape index (κ1) is 17.0. The van der Waals surface area contributed by atoms with E-state index < -0.39 is 0 Å². The van der Waals surface area contributed by atoms with Gasteiger partial charge in [0, 0.05) is 10.9 Å². The van der Waals surface area contributed by atoms with Crippen LogP contribution in [0.15, 0.2) is 39.5 Å². The predicted octanol–water partition coefficient (Wildman–Crippen LogP) is 2.79. The van der Waals surface area contributed by atoms with Crippen LogP contribution in [0.2, 0.25) is 0 Å². The van der Waals surface area contributed by atoms with E-state index >= 15 is 0 Å². The maximum absolute atomic E-state index is 12.5. The van der Waals surface area contributed by atoms with Crippen LogP contribution in [0.5, 0.6) is 0 Å². The smallest absolute Gasteiger partial charge is 0.275 e. The van der Waals surface area contributed by atoms with Gasteiger partial charge in [-0.15, -0.1) is 0 Å². The molecule has 0 aliphatic carbocycles. The van der Waals surface area contributed by atoms with Crippen LogP contribution in [0.25, 0.3) is 10.8 Å². The van der Waals surface area contributed by atoms with E-state index in [0.29, 0.717) is 5.39 Å². The lowest BCUT2D eigenvalue weighted by Crippen LogP contribution is -2.35. The Morgan fingerprint density at radius 1 is 1.24 bits per heavy atom. The van der Waals surface area contributed by atoms with Gasteiger partial charge < -0.3 is 9.73 Å². The summed E-state index contributed by atoms with van der Waals surface area (Å²) in [4.78, 5) is 24.9. The lowest BCUT2D eigenvalue weighted by molar-refractivity contribution is -0.122. The molecule has 3 rings (SSSR count). The topological polar surface area (TPSA) is 77.1 Å². The third kappa shape index (κ3) is 3.33. The summed E-state index contributed by atoms with van der Waals surface area (Å²) < 4.78 is 6.72. The zero-order valence-electron chi connectivity index (χ0n) is 14.8. The van der Waals surface area contributed by atoms with Crippen LogP contribution in [0.3, 0.4) is 0 Å². The highest BCUT2D eigenvalue weighted by Gasteiger charge is 2.16. The van der Waals surface area contributed by atoms with Crippen LogP contribution < -0.4 is 10.9 Å². The first-order valence-electron chi connectivity index (χ1n) is 8.19. The zero-order valence-corrected chi connectivity index (χ0v) is 14.8. The molecule has 0 saturated carbocycles. The SMILES string of the molecule is Cc1cc([C@@H](C)NC(=O)Cn2nc(C)c3ccccc3c2=O)c(C)o1. The van der Waals surface area contributed by atoms with E-state index in [2.05, 4.69) is 10.4 Å². The number of furan rings is 1. The number of aromatic nitrogens is 2. The Labute approximate surface area is 145 Å². The van der Waals surface area contributed by atoms with E-state index in [-0.39, 0.29) is 24.1 Å². The number of hydrogen-bond donors (Lipinski definition) is 1. The molecule has 2 heterocycles. The second-order valence-corrected chi connectivity index (χ2v) is 6.25. The quantitative estimate of drug-likeness (QED) is 0.793. The molecule has 1 aromatic carbocycles. The number of nitrogens with zero attached hydrogens (tertiary/aromatic N) is 2. The van der Waals surface area contributed by atoms with Gasteiger partial charge in [-0.3, -0.25) is 9.59 Å². The monoisotopic (exact) mass is 339 g/mol. The molecule has 1 amide bonds. The molecule has 0 unspecified atom stereocenters. The molecule has 1 N–H and O–H groups in total. The van der Waals surface area contributed by atoms with E-state index in [4.69, 9.17) is 4.42 Å². The number of nitrogens with one attached hydrogen (secondary N) is 1. The largest absolute Gasteiger partial charge is 0.466 e. The van der Waals surface area contributed by atoms with Crippen LogP contribution in [0, 0.1) is 20.8 Å². The highest BCUT2D eigenvalue weighted by Crippen LogP contribution is 2.21. The summed E-state index contributed by atoms with van der Waals surface area (Å²) in [5.74, 6) is 1.31. The first-order chi connectivity index (χ1) is 11.9. The van der Waals surface area contributed by atoms with E-state index in [1.165, 1.54) is 4.68 Å². The average Bonchev–Trinajstić information content (AvgIpc) is 2.91. The highest BCUT2D eigenvalue weighted by atomic mass is 16.3. The maximum Gasteiger partial charge on any atom is 0.275 e. The van der Waals surface area contributed by atoms with Crippen LogP contribution in [-0.2, 0) is 11.3 Å². The maximum atomic E-state index is 12.5. The van der Waals surface area contributed by atoms with Crippen molar-refractivity contribution >= 4 is 16.7 Å². The van der Waals surface area contributed by atoms with Crippen molar-refractivity contribution in [1.82, 2.24) is 15.1 Å². The normalized spacial score (nSPS) is 12.3. The van der Waals surface area contributed by atoms with Gasteiger partial charge in [0.2, 0.25) is 5.91 Å². The minimum Gasteiger partial charge on any atom is -0.466 e. The average molecular weight is 339 g/mol. The van der Waals surface area contributed by atoms with Crippen molar-refractivity contribution in [2.24, 2.45) is 0 Å². The summed E-state index contributed by atoms with van der Waals surface area (Å²) in [6.45, 7) is 7.33. The molecule has 0 spiro atoms. The van der Waals surface area contributed by atoms with Gasteiger partial charge in [-0.2, -0.15) is 5.10 Å². The Morgan fingerprint density at radius 2 is 1.92 bits per heavy atom. The van der Waals surface area contributed by atoms with E-state index in [0.717, 1.165) is 28.2 Å². The van der Waals surface area contributed by atoms with Crippen molar-refractivity contribution in [2.45, 2.75) is 40.3 Å². The Morgan fingerprint density at radius 3 is 2.56 bits per heavy atom.